The molecule has 2 rings (SSSR count). The molecule has 26 heavy (non-hydrogen) atoms. The zero-order valence-electron chi connectivity index (χ0n) is 15.0. The molecule has 2 aromatic carbocycles. The fourth-order valence-corrected chi connectivity index (χ4v) is 2.46. The summed E-state index contributed by atoms with van der Waals surface area (Å²) < 4.78 is 18.7. The largest absolute Gasteiger partial charge is 0.490 e. The van der Waals surface area contributed by atoms with E-state index in [-0.39, 0.29) is 30.6 Å². The van der Waals surface area contributed by atoms with Crippen LogP contribution in [0.25, 0.3) is 0 Å². The van der Waals surface area contributed by atoms with Gasteiger partial charge in [-0.2, -0.15) is 0 Å². The molecule has 0 spiro atoms. The molecule has 0 radical (unpaired) electrons. The summed E-state index contributed by atoms with van der Waals surface area (Å²) in [5, 5.41) is 2.73. The van der Waals surface area contributed by atoms with Gasteiger partial charge in [0.05, 0.1) is 13.0 Å². The molecule has 2 amide bonds. The molecule has 0 heterocycles. The van der Waals surface area contributed by atoms with Gasteiger partial charge >= 0.3 is 0 Å². The van der Waals surface area contributed by atoms with E-state index in [4.69, 9.17) is 4.74 Å². The molecule has 0 fully saturated rings. The van der Waals surface area contributed by atoms with Crippen molar-refractivity contribution >= 4 is 17.5 Å². The number of carbonyl (C=O) groups excluding carboxylic acids is 2. The van der Waals surface area contributed by atoms with E-state index >= 15 is 0 Å². The number of amides is 2. The van der Waals surface area contributed by atoms with E-state index in [2.05, 4.69) is 5.32 Å². The summed E-state index contributed by atoms with van der Waals surface area (Å²) in [6, 6.07) is 12.9. The smallest absolute Gasteiger partial charge is 0.253 e. The van der Waals surface area contributed by atoms with Crippen LogP contribution in [0.5, 0.6) is 5.75 Å². The highest BCUT2D eigenvalue weighted by Crippen LogP contribution is 2.16. The summed E-state index contributed by atoms with van der Waals surface area (Å²) in [6.07, 6.45) is 0.0720. The molecule has 0 aromatic heterocycles. The van der Waals surface area contributed by atoms with Gasteiger partial charge in [0.15, 0.2) is 11.6 Å². The van der Waals surface area contributed by atoms with Crippen molar-refractivity contribution in [3.05, 3.63) is 59.9 Å². The SMILES string of the molecule is CCN(CC)C(=O)c1cccc(NC(=O)CCOc2ccccc2F)c1. The molecule has 1 N–H and O–H groups in total. The number of benzene rings is 2. The first-order valence-corrected chi connectivity index (χ1v) is 8.61. The molecular formula is C20H23FN2O3. The lowest BCUT2D eigenvalue weighted by molar-refractivity contribution is -0.116. The van der Waals surface area contributed by atoms with Crippen molar-refractivity contribution < 1.29 is 18.7 Å². The first kappa shape index (κ1) is 19.4. The Morgan fingerprint density at radius 2 is 1.81 bits per heavy atom. The van der Waals surface area contributed by atoms with Gasteiger partial charge in [0.2, 0.25) is 5.91 Å². The maximum Gasteiger partial charge on any atom is 0.253 e. The minimum Gasteiger partial charge on any atom is -0.490 e. The number of nitrogens with zero attached hydrogens (tertiary/aromatic N) is 1. The molecule has 0 atom stereocenters. The number of hydrogen-bond donors (Lipinski definition) is 1. The van der Waals surface area contributed by atoms with Crippen LogP contribution in [0.1, 0.15) is 30.6 Å². The third kappa shape index (κ3) is 5.31. The van der Waals surface area contributed by atoms with E-state index < -0.39 is 5.82 Å². The molecule has 0 saturated carbocycles. The van der Waals surface area contributed by atoms with Crippen LogP contribution < -0.4 is 10.1 Å². The summed E-state index contributed by atoms with van der Waals surface area (Å²) >= 11 is 0. The van der Waals surface area contributed by atoms with Crippen molar-refractivity contribution in [2.75, 3.05) is 25.0 Å². The topological polar surface area (TPSA) is 58.6 Å². The molecule has 138 valence electrons. The Balaban J connectivity index is 1.90. The average Bonchev–Trinajstić information content (AvgIpc) is 2.64. The van der Waals surface area contributed by atoms with E-state index in [0.717, 1.165) is 0 Å². The Labute approximate surface area is 152 Å². The Bertz CT molecular complexity index is 760. The van der Waals surface area contributed by atoms with Gasteiger partial charge in [-0.1, -0.05) is 18.2 Å². The average molecular weight is 358 g/mol. The third-order valence-electron chi connectivity index (χ3n) is 3.87. The van der Waals surface area contributed by atoms with Gasteiger partial charge in [0.25, 0.3) is 5.91 Å². The van der Waals surface area contributed by atoms with E-state index in [1.165, 1.54) is 12.1 Å². The van der Waals surface area contributed by atoms with Crippen LogP contribution in [-0.2, 0) is 4.79 Å². The minimum absolute atomic E-state index is 0.0604. The van der Waals surface area contributed by atoms with Crippen molar-refractivity contribution in [3.63, 3.8) is 0 Å². The summed E-state index contributed by atoms with van der Waals surface area (Å²) in [5.74, 6) is -0.689. The zero-order chi connectivity index (χ0) is 18.9. The van der Waals surface area contributed by atoms with Crippen LogP contribution in [0.15, 0.2) is 48.5 Å². The van der Waals surface area contributed by atoms with Crippen LogP contribution in [-0.4, -0.2) is 36.4 Å². The summed E-state index contributed by atoms with van der Waals surface area (Å²) in [4.78, 5) is 26.1. The van der Waals surface area contributed by atoms with E-state index in [9.17, 15) is 14.0 Å². The number of ether oxygens (including phenoxy) is 1. The van der Waals surface area contributed by atoms with Crippen molar-refractivity contribution in [1.29, 1.82) is 0 Å². The minimum atomic E-state index is -0.462. The monoisotopic (exact) mass is 358 g/mol. The maximum atomic E-state index is 13.4. The normalized spacial score (nSPS) is 10.3. The quantitative estimate of drug-likeness (QED) is 0.782. The molecule has 0 aliphatic carbocycles. The molecule has 0 aliphatic rings. The van der Waals surface area contributed by atoms with E-state index in [1.807, 2.05) is 13.8 Å². The lowest BCUT2D eigenvalue weighted by Gasteiger charge is -2.19. The number of para-hydroxylation sites is 1. The Morgan fingerprint density at radius 3 is 2.50 bits per heavy atom. The molecular weight excluding hydrogens is 335 g/mol. The van der Waals surface area contributed by atoms with Crippen LogP contribution >= 0.6 is 0 Å². The summed E-state index contributed by atoms with van der Waals surface area (Å²) in [5.41, 5.74) is 1.06. The molecule has 0 aliphatic heterocycles. The highest BCUT2D eigenvalue weighted by molar-refractivity contribution is 5.97. The molecule has 0 bridgehead atoms. The zero-order valence-corrected chi connectivity index (χ0v) is 15.0. The van der Waals surface area contributed by atoms with Crippen LogP contribution in [0.4, 0.5) is 10.1 Å². The first-order valence-electron chi connectivity index (χ1n) is 8.61. The van der Waals surface area contributed by atoms with Crippen molar-refractivity contribution in [2.24, 2.45) is 0 Å². The number of halogens is 1. The lowest BCUT2D eigenvalue weighted by Crippen LogP contribution is -2.30. The van der Waals surface area contributed by atoms with E-state index in [1.54, 1.807) is 41.3 Å². The van der Waals surface area contributed by atoms with Crippen molar-refractivity contribution in [1.82, 2.24) is 4.90 Å². The summed E-state index contributed by atoms with van der Waals surface area (Å²) in [7, 11) is 0. The number of nitrogens with one attached hydrogen (secondary N) is 1. The molecule has 5 nitrogen and oxygen atoms in total. The van der Waals surface area contributed by atoms with Gasteiger partial charge in [-0.3, -0.25) is 9.59 Å². The Morgan fingerprint density at radius 1 is 1.08 bits per heavy atom. The first-order chi connectivity index (χ1) is 12.5. The number of carbonyl (C=O) groups is 2. The van der Waals surface area contributed by atoms with Gasteiger partial charge in [0.1, 0.15) is 0 Å². The van der Waals surface area contributed by atoms with Crippen LogP contribution in [0.3, 0.4) is 0 Å². The highest BCUT2D eigenvalue weighted by atomic mass is 19.1. The lowest BCUT2D eigenvalue weighted by atomic mass is 10.1. The van der Waals surface area contributed by atoms with Gasteiger partial charge in [0, 0.05) is 24.3 Å². The van der Waals surface area contributed by atoms with Gasteiger partial charge in [-0.25, -0.2) is 4.39 Å². The predicted octanol–water partition coefficient (Wildman–Crippen LogP) is 3.72. The van der Waals surface area contributed by atoms with Crippen molar-refractivity contribution in [2.45, 2.75) is 20.3 Å². The fourth-order valence-electron chi connectivity index (χ4n) is 2.46. The van der Waals surface area contributed by atoms with Gasteiger partial charge in [-0.15, -0.1) is 0 Å². The molecule has 0 saturated heterocycles. The van der Waals surface area contributed by atoms with Gasteiger partial charge in [-0.05, 0) is 44.2 Å². The highest BCUT2D eigenvalue weighted by Gasteiger charge is 2.13. The number of hydrogen-bond acceptors (Lipinski definition) is 3. The number of anilines is 1. The second-order valence-corrected chi connectivity index (χ2v) is 5.64. The number of rotatable bonds is 8. The van der Waals surface area contributed by atoms with Crippen LogP contribution in [0, 0.1) is 5.82 Å². The standard InChI is InChI=1S/C20H23FN2O3/c1-3-23(4-2)20(25)15-8-7-9-16(14-15)22-19(24)12-13-26-18-11-6-5-10-17(18)21/h5-11,14H,3-4,12-13H2,1-2H3,(H,22,24). The molecule has 6 heteroatoms. The Kier molecular flexibility index (Phi) is 7.14. The van der Waals surface area contributed by atoms with Gasteiger partial charge < -0.3 is 15.0 Å². The second-order valence-electron chi connectivity index (χ2n) is 5.64. The second kappa shape index (κ2) is 9.56. The summed E-state index contributed by atoms with van der Waals surface area (Å²) in [6.45, 7) is 5.15. The maximum absolute atomic E-state index is 13.4. The third-order valence-corrected chi connectivity index (χ3v) is 3.87. The van der Waals surface area contributed by atoms with Crippen molar-refractivity contribution in [3.8, 4) is 5.75 Å². The fraction of sp³-hybridized carbons (Fsp3) is 0.300. The molecule has 2 aromatic rings. The van der Waals surface area contributed by atoms with E-state index in [0.29, 0.717) is 24.3 Å². The predicted molar refractivity (Wildman–Crippen MR) is 98.8 cm³/mol. The van der Waals surface area contributed by atoms with Crippen LogP contribution in [0.2, 0.25) is 0 Å². The Hall–Kier alpha value is -2.89. The molecule has 0 unspecified atom stereocenters.